The lowest BCUT2D eigenvalue weighted by Gasteiger charge is -2.17. The molecule has 0 bridgehead atoms. The van der Waals surface area contributed by atoms with Crippen LogP contribution in [0, 0.1) is 5.92 Å². The number of hydrogen-bond donors (Lipinski definition) is 0. The van der Waals surface area contributed by atoms with E-state index in [4.69, 9.17) is 4.74 Å². The number of carbonyl (C=O) groups is 2. The number of ether oxygens (including phenoxy) is 1. The smallest absolute Gasteiger partial charge is 0.223 e. The molecule has 0 aromatic heterocycles. The molecule has 0 aliphatic carbocycles. The molecule has 4 nitrogen and oxygen atoms in total. The highest BCUT2D eigenvalue weighted by atomic mass is 16.5. The molecule has 1 saturated heterocycles. The molecule has 1 aliphatic heterocycles. The van der Waals surface area contributed by atoms with E-state index < -0.39 is 0 Å². The maximum atomic E-state index is 11.6. The highest BCUT2D eigenvalue weighted by molar-refractivity contribution is 5.96. The Bertz CT molecular complexity index is 484. The summed E-state index contributed by atoms with van der Waals surface area (Å²) in [4.78, 5) is 24.9. The molecule has 1 atom stereocenters. The van der Waals surface area contributed by atoms with Crippen LogP contribution in [0.1, 0.15) is 30.6 Å². The van der Waals surface area contributed by atoms with Crippen molar-refractivity contribution in [2.24, 2.45) is 5.92 Å². The predicted octanol–water partition coefficient (Wildman–Crippen LogP) is 2.14. The van der Waals surface area contributed by atoms with Crippen LogP contribution in [0.15, 0.2) is 24.3 Å². The van der Waals surface area contributed by atoms with E-state index in [0.717, 1.165) is 6.54 Å². The fourth-order valence-corrected chi connectivity index (χ4v) is 2.33. The summed E-state index contributed by atoms with van der Waals surface area (Å²) < 4.78 is 5.63. The largest absolute Gasteiger partial charge is 0.491 e. The van der Waals surface area contributed by atoms with Gasteiger partial charge < -0.3 is 9.64 Å². The first-order valence-corrected chi connectivity index (χ1v) is 6.58. The molecule has 1 aliphatic rings. The van der Waals surface area contributed by atoms with Crippen molar-refractivity contribution in [1.82, 2.24) is 4.90 Å². The molecule has 4 heteroatoms. The fraction of sp³-hybridized carbons (Fsp3) is 0.467. The first-order chi connectivity index (χ1) is 9.08. The standard InChI is InChI=1S/C15H19NO3/c1-11-9-15(18)16(10-11)7-8-19-14-6-4-3-5-13(14)12(2)17/h3-6,11H,7-10H2,1-2H3. The third kappa shape index (κ3) is 3.34. The lowest BCUT2D eigenvalue weighted by atomic mass is 10.1. The molecule has 1 amide bonds. The molecule has 2 rings (SSSR count). The maximum absolute atomic E-state index is 11.6. The van der Waals surface area contributed by atoms with Crippen molar-refractivity contribution in [2.45, 2.75) is 20.3 Å². The van der Waals surface area contributed by atoms with Gasteiger partial charge in [0.15, 0.2) is 5.78 Å². The Morgan fingerprint density at radius 2 is 2.16 bits per heavy atom. The van der Waals surface area contributed by atoms with E-state index in [1.165, 1.54) is 6.92 Å². The number of amides is 1. The lowest BCUT2D eigenvalue weighted by Crippen LogP contribution is -2.29. The predicted molar refractivity (Wildman–Crippen MR) is 72.3 cm³/mol. The van der Waals surface area contributed by atoms with Crippen molar-refractivity contribution < 1.29 is 14.3 Å². The summed E-state index contributed by atoms with van der Waals surface area (Å²) in [5.41, 5.74) is 0.587. The summed E-state index contributed by atoms with van der Waals surface area (Å²) >= 11 is 0. The van der Waals surface area contributed by atoms with Crippen LogP contribution in [0.3, 0.4) is 0 Å². The van der Waals surface area contributed by atoms with Crippen molar-refractivity contribution >= 4 is 11.7 Å². The van der Waals surface area contributed by atoms with Gasteiger partial charge in [-0.2, -0.15) is 0 Å². The highest BCUT2D eigenvalue weighted by Crippen LogP contribution is 2.19. The SMILES string of the molecule is CC(=O)c1ccccc1OCCN1CC(C)CC1=O. The molecule has 19 heavy (non-hydrogen) atoms. The van der Waals surface area contributed by atoms with Gasteiger partial charge in [0.05, 0.1) is 12.1 Å². The fourth-order valence-electron chi connectivity index (χ4n) is 2.33. The number of benzene rings is 1. The van der Waals surface area contributed by atoms with E-state index >= 15 is 0 Å². The summed E-state index contributed by atoms with van der Waals surface area (Å²) in [5, 5.41) is 0. The quantitative estimate of drug-likeness (QED) is 0.763. The van der Waals surface area contributed by atoms with Gasteiger partial charge in [0.25, 0.3) is 0 Å². The van der Waals surface area contributed by atoms with Gasteiger partial charge in [0.1, 0.15) is 12.4 Å². The average molecular weight is 261 g/mol. The Morgan fingerprint density at radius 1 is 1.42 bits per heavy atom. The Balaban J connectivity index is 1.89. The number of hydrogen-bond acceptors (Lipinski definition) is 3. The second-order valence-corrected chi connectivity index (χ2v) is 5.05. The molecule has 0 N–H and O–H groups in total. The van der Waals surface area contributed by atoms with E-state index in [9.17, 15) is 9.59 Å². The van der Waals surface area contributed by atoms with Gasteiger partial charge in [-0.25, -0.2) is 0 Å². The highest BCUT2D eigenvalue weighted by Gasteiger charge is 2.25. The molecular weight excluding hydrogens is 242 g/mol. The monoisotopic (exact) mass is 261 g/mol. The third-order valence-corrected chi connectivity index (χ3v) is 3.29. The van der Waals surface area contributed by atoms with Crippen LogP contribution >= 0.6 is 0 Å². The van der Waals surface area contributed by atoms with Crippen molar-refractivity contribution in [2.75, 3.05) is 19.7 Å². The molecule has 1 unspecified atom stereocenters. The number of likely N-dealkylation sites (tertiary alicyclic amines) is 1. The second kappa shape index (κ2) is 5.87. The zero-order chi connectivity index (χ0) is 13.8. The molecule has 1 heterocycles. The van der Waals surface area contributed by atoms with Gasteiger partial charge in [-0.1, -0.05) is 19.1 Å². The number of rotatable bonds is 5. The minimum Gasteiger partial charge on any atom is -0.491 e. The molecule has 0 radical (unpaired) electrons. The summed E-state index contributed by atoms with van der Waals surface area (Å²) in [6.45, 7) is 5.40. The van der Waals surface area contributed by atoms with Crippen molar-refractivity contribution in [1.29, 1.82) is 0 Å². The zero-order valence-electron chi connectivity index (χ0n) is 11.4. The van der Waals surface area contributed by atoms with E-state index in [2.05, 4.69) is 6.92 Å². The first-order valence-electron chi connectivity index (χ1n) is 6.58. The van der Waals surface area contributed by atoms with Crippen molar-refractivity contribution in [3.63, 3.8) is 0 Å². The molecular formula is C15H19NO3. The van der Waals surface area contributed by atoms with Crippen LogP contribution in [-0.2, 0) is 4.79 Å². The average Bonchev–Trinajstić information content (AvgIpc) is 2.68. The van der Waals surface area contributed by atoms with E-state index in [1.54, 1.807) is 12.1 Å². The maximum Gasteiger partial charge on any atom is 0.223 e. The molecule has 0 spiro atoms. The topological polar surface area (TPSA) is 46.6 Å². The van der Waals surface area contributed by atoms with Crippen LogP contribution in [0.2, 0.25) is 0 Å². The van der Waals surface area contributed by atoms with Gasteiger partial charge in [0.2, 0.25) is 5.91 Å². The summed E-state index contributed by atoms with van der Waals surface area (Å²) in [6.07, 6.45) is 0.629. The minimum absolute atomic E-state index is 0.0125. The number of carbonyl (C=O) groups excluding carboxylic acids is 2. The van der Waals surface area contributed by atoms with Crippen LogP contribution in [0.4, 0.5) is 0 Å². The first kappa shape index (κ1) is 13.6. The summed E-state index contributed by atoms with van der Waals surface area (Å²) in [5.74, 6) is 1.20. The van der Waals surface area contributed by atoms with Gasteiger partial charge >= 0.3 is 0 Å². The van der Waals surface area contributed by atoms with Crippen molar-refractivity contribution in [3.8, 4) is 5.75 Å². The van der Waals surface area contributed by atoms with Gasteiger partial charge in [-0.15, -0.1) is 0 Å². The van der Waals surface area contributed by atoms with Gasteiger partial charge in [0, 0.05) is 13.0 Å². The van der Waals surface area contributed by atoms with Crippen LogP contribution in [0.25, 0.3) is 0 Å². The Kier molecular flexibility index (Phi) is 4.20. The van der Waals surface area contributed by atoms with Crippen LogP contribution < -0.4 is 4.74 Å². The van der Waals surface area contributed by atoms with Crippen LogP contribution in [0.5, 0.6) is 5.75 Å². The Hall–Kier alpha value is -1.84. The normalized spacial score (nSPS) is 18.7. The molecule has 102 valence electrons. The van der Waals surface area contributed by atoms with E-state index in [-0.39, 0.29) is 11.7 Å². The number of ketones is 1. The van der Waals surface area contributed by atoms with Crippen LogP contribution in [-0.4, -0.2) is 36.3 Å². The molecule has 0 saturated carbocycles. The Morgan fingerprint density at radius 3 is 2.79 bits per heavy atom. The summed E-state index contributed by atoms with van der Waals surface area (Å²) in [7, 11) is 0. The lowest BCUT2D eigenvalue weighted by molar-refractivity contribution is -0.128. The summed E-state index contributed by atoms with van der Waals surface area (Å²) in [6, 6.07) is 7.19. The minimum atomic E-state index is -0.0125. The molecule has 1 aromatic rings. The number of nitrogens with zero attached hydrogens (tertiary/aromatic N) is 1. The van der Waals surface area contributed by atoms with Crippen molar-refractivity contribution in [3.05, 3.63) is 29.8 Å². The number of Topliss-reactive ketones (excluding diaryl/α,β-unsaturated/α-hetero) is 1. The zero-order valence-corrected chi connectivity index (χ0v) is 11.4. The second-order valence-electron chi connectivity index (χ2n) is 5.05. The van der Waals surface area contributed by atoms with E-state index in [1.807, 2.05) is 17.0 Å². The number of para-hydroxylation sites is 1. The van der Waals surface area contributed by atoms with Gasteiger partial charge in [-0.3, -0.25) is 9.59 Å². The molecule has 1 fully saturated rings. The third-order valence-electron chi connectivity index (χ3n) is 3.29. The molecule has 1 aromatic carbocycles. The Labute approximate surface area is 113 Å². The van der Waals surface area contributed by atoms with Gasteiger partial charge in [-0.05, 0) is 25.0 Å². The van der Waals surface area contributed by atoms with E-state index in [0.29, 0.717) is 36.8 Å².